The highest BCUT2D eigenvalue weighted by Crippen LogP contribution is 2.03. The Morgan fingerprint density at radius 2 is 2.07 bits per heavy atom. The van der Waals surface area contributed by atoms with Crippen molar-refractivity contribution >= 4 is 17.7 Å². The largest absolute Gasteiger partial charge is 0.363 e. The summed E-state index contributed by atoms with van der Waals surface area (Å²) in [5.41, 5.74) is 0. The topological polar surface area (TPSA) is 80.0 Å². The smallest absolute Gasteiger partial charge is 0.326 e. The van der Waals surface area contributed by atoms with Crippen LogP contribution in [0.1, 0.15) is 0 Å². The van der Waals surface area contributed by atoms with Crippen molar-refractivity contribution in [2.45, 2.75) is 0 Å². The van der Waals surface area contributed by atoms with E-state index in [2.05, 4.69) is 25.3 Å². The van der Waals surface area contributed by atoms with Crippen LogP contribution >= 0.6 is 0 Å². The number of aromatic nitrogens is 2. The molecule has 0 radical (unpaired) electrons. The molecule has 2 aromatic rings. The zero-order valence-corrected chi connectivity index (χ0v) is 7.68. The molecule has 6 heteroatoms. The molecule has 0 atom stereocenters. The third kappa shape index (κ3) is 2.53. The lowest BCUT2D eigenvalue weighted by Gasteiger charge is -2.02. The average Bonchev–Trinajstić information content (AvgIpc) is 2.71. The van der Waals surface area contributed by atoms with Gasteiger partial charge in [0, 0.05) is 12.3 Å². The predicted octanol–water partition coefficient (Wildman–Crippen LogP) is 1.71. The van der Waals surface area contributed by atoms with Crippen molar-refractivity contribution in [3.8, 4) is 0 Å². The fourth-order valence-corrected chi connectivity index (χ4v) is 0.978. The molecular weight excluding hydrogens is 196 g/mol. The van der Waals surface area contributed by atoms with E-state index >= 15 is 0 Å². The van der Waals surface area contributed by atoms with Gasteiger partial charge in [0.25, 0.3) is 0 Å². The molecule has 0 saturated carbocycles. The molecule has 0 fully saturated rings. The van der Waals surface area contributed by atoms with E-state index < -0.39 is 6.03 Å². The van der Waals surface area contributed by atoms with Crippen molar-refractivity contribution < 1.29 is 9.32 Å². The molecule has 0 unspecified atom stereocenters. The van der Waals surface area contributed by atoms with Gasteiger partial charge in [-0.1, -0.05) is 11.2 Å². The summed E-state index contributed by atoms with van der Waals surface area (Å²) in [7, 11) is 0. The Morgan fingerprint density at radius 3 is 2.73 bits per heavy atom. The van der Waals surface area contributed by atoms with Gasteiger partial charge in [-0.15, -0.1) is 0 Å². The first-order valence-electron chi connectivity index (χ1n) is 4.24. The van der Waals surface area contributed by atoms with E-state index in [4.69, 9.17) is 0 Å². The van der Waals surface area contributed by atoms with Crippen LogP contribution in [0, 0.1) is 0 Å². The minimum absolute atomic E-state index is 0.350. The highest BCUT2D eigenvalue weighted by Gasteiger charge is 2.04. The fourth-order valence-electron chi connectivity index (χ4n) is 0.978. The molecular formula is C9H8N4O2. The summed E-state index contributed by atoms with van der Waals surface area (Å²) in [4.78, 5) is 15.3. The van der Waals surface area contributed by atoms with Gasteiger partial charge >= 0.3 is 6.03 Å². The van der Waals surface area contributed by atoms with Gasteiger partial charge < -0.3 is 4.52 Å². The van der Waals surface area contributed by atoms with Gasteiger partial charge in [0.1, 0.15) is 12.1 Å². The summed E-state index contributed by atoms with van der Waals surface area (Å²) in [5.74, 6) is 0.821. The molecule has 2 rings (SSSR count). The molecule has 0 bridgehead atoms. The number of carbonyl (C=O) groups excluding carboxylic acids is 1. The number of hydrogen-bond donors (Lipinski definition) is 2. The SMILES string of the molecule is O=C(Nc1ccccn1)Nc1ccon1. The highest BCUT2D eigenvalue weighted by molar-refractivity contribution is 5.98. The van der Waals surface area contributed by atoms with E-state index in [1.54, 1.807) is 24.4 Å². The predicted molar refractivity (Wildman–Crippen MR) is 53.4 cm³/mol. The summed E-state index contributed by atoms with van der Waals surface area (Å²) in [6.45, 7) is 0. The maximum atomic E-state index is 11.3. The van der Waals surface area contributed by atoms with Crippen LogP contribution in [-0.4, -0.2) is 16.2 Å². The van der Waals surface area contributed by atoms with E-state index in [0.29, 0.717) is 11.6 Å². The fraction of sp³-hybridized carbons (Fsp3) is 0. The number of amides is 2. The molecule has 0 saturated heterocycles. The lowest BCUT2D eigenvalue weighted by molar-refractivity contribution is 0.262. The molecule has 6 nitrogen and oxygen atoms in total. The molecule has 0 aromatic carbocycles. The zero-order valence-electron chi connectivity index (χ0n) is 7.68. The highest BCUT2D eigenvalue weighted by atomic mass is 16.5. The Morgan fingerprint density at radius 1 is 1.20 bits per heavy atom. The number of anilines is 2. The minimum Gasteiger partial charge on any atom is -0.363 e. The van der Waals surface area contributed by atoms with Crippen molar-refractivity contribution in [2.75, 3.05) is 10.6 Å². The van der Waals surface area contributed by atoms with Crippen molar-refractivity contribution in [3.05, 3.63) is 36.7 Å². The van der Waals surface area contributed by atoms with Crippen LogP contribution < -0.4 is 10.6 Å². The minimum atomic E-state index is -0.414. The van der Waals surface area contributed by atoms with Gasteiger partial charge in [0.2, 0.25) is 0 Å². The van der Waals surface area contributed by atoms with Gasteiger partial charge in [-0.2, -0.15) is 0 Å². The molecule has 2 N–H and O–H groups in total. The second-order valence-corrected chi connectivity index (χ2v) is 2.68. The summed E-state index contributed by atoms with van der Waals surface area (Å²) in [6, 6.07) is 6.35. The van der Waals surface area contributed by atoms with Crippen molar-refractivity contribution in [1.82, 2.24) is 10.1 Å². The van der Waals surface area contributed by atoms with Gasteiger partial charge in [0.05, 0.1) is 0 Å². The molecule has 0 aliphatic rings. The molecule has 2 aromatic heterocycles. The lowest BCUT2D eigenvalue weighted by atomic mass is 10.5. The number of nitrogens with zero attached hydrogens (tertiary/aromatic N) is 2. The molecule has 15 heavy (non-hydrogen) atoms. The van der Waals surface area contributed by atoms with Crippen LogP contribution in [0.15, 0.2) is 41.2 Å². The first-order valence-corrected chi connectivity index (χ1v) is 4.24. The summed E-state index contributed by atoms with van der Waals surface area (Å²) < 4.78 is 4.56. The first-order chi connectivity index (χ1) is 7.34. The molecule has 0 spiro atoms. The van der Waals surface area contributed by atoms with Crippen LogP contribution in [0.5, 0.6) is 0 Å². The summed E-state index contributed by atoms with van der Waals surface area (Å²) in [6.07, 6.45) is 2.96. The first kappa shape index (κ1) is 9.20. The Labute approximate surface area is 85.3 Å². The van der Waals surface area contributed by atoms with E-state index in [0.717, 1.165) is 0 Å². The maximum absolute atomic E-state index is 11.3. The van der Waals surface area contributed by atoms with Gasteiger partial charge in [-0.25, -0.2) is 9.78 Å². The van der Waals surface area contributed by atoms with Gasteiger partial charge in [-0.05, 0) is 12.1 Å². The molecule has 2 heterocycles. The Bertz CT molecular complexity index is 427. The van der Waals surface area contributed by atoms with Gasteiger partial charge in [0.15, 0.2) is 5.82 Å². The van der Waals surface area contributed by atoms with Gasteiger partial charge in [-0.3, -0.25) is 10.6 Å². The second kappa shape index (κ2) is 4.23. The van der Waals surface area contributed by atoms with Crippen LogP contribution in [-0.2, 0) is 0 Å². The van der Waals surface area contributed by atoms with Crippen LogP contribution in [0.2, 0.25) is 0 Å². The Kier molecular flexibility index (Phi) is 2.59. The number of nitrogens with one attached hydrogen (secondary N) is 2. The number of pyridine rings is 1. The third-order valence-corrected chi connectivity index (χ3v) is 1.59. The van der Waals surface area contributed by atoms with E-state index in [1.165, 1.54) is 12.3 Å². The average molecular weight is 204 g/mol. The number of urea groups is 1. The summed E-state index contributed by atoms with van der Waals surface area (Å²) >= 11 is 0. The number of carbonyl (C=O) groups is 1. The van der Waals surface area contributed by atoms with E-state index in [9.17, 15) is 4.79 Å². The van der Waals surface area contributed by atoms with Crippen LogP contribution in [0.25, 0.3) is 0 Å². The van der Waals surface area contributed by atoms with Crippen molar-refractivity contribution in [2.24, 2.45) is 0 Å². The van der Waals surface area contributed by atoms with Crippen LogP contribution in [0.4, 0.5) is 16.4 Å². The Hall–Kier alpha value is -2.37. The number of hydrogen-bond acceptors (Lipinski definition) is 4. The molecule has 76 valence electrons. The van der Waals surface area contributed by atoms with E-state index in [-0.39, 0.29) is 0 Å². The molecule has 2 amide bonds. The summed E-state index contributed by atoms with van der Waals surface area (Å²) in [5, 5.41) is 8.54. The number of rotatable bonds is 2. The molecule has 0 aliphatic heterocycles. The monoisotopic (exact) mass is 204 g/mol. The van der Waals surface area contributed by atoms with Crippen LogP contribution in [0.3, 0.4) is 0 Å². The molecule has 0 aliphatic carbocycles. The Balaban J connectivity index is 1.94. The van der Waals surface area contributed by atoms with Crippen molar-refractivity contribution in [3.63, 3.8) is 0 Å². The second-order valence-electron chi connectivity index (χ2n) is 2.68. The standard InChI is InChI=1S/C9H8N4O2/c14-9(12-8-4-6-15-13-8)11-7-3-1-2-5-10-7/h1-6H,(H2,10,11,12,13,14). The maximum Gasteiger partial charge on any atom is 0.326 e. The zero-order chi connectivity index (χ0) is 10.5. The van der Waals surface area contributed by atoms with E-state index in [1.807, 2.05) is 0 Å². The third-order valence-electron chi connectivity index (χ3n) is 1.59. The quantitative estimate of drug-likeness (QED) is 0.780. The van der Waals surface area contributed by atoms with Crippen molar-refractivity contribution in [1.29, 1.82) is 0 Å². The lowest BCUT2D eigenvalue weighted by Crippen LogP contribution is -2.20. The normalized spacial score (nSPS) is 9.60.